The van der Waals surface area contributed by atoms with E-state index in [1.54, 1.807) is 13.0 Å². The van der Waals surface area contributed by atoms with Crippen LogP contribution >= 0.6 is 11.5 Å². The van der Waals surface area contributed by atoms with E-state index >= 15 is 0 Å². The Morgan fingerprint density at radius 3 is 2.20 bits per heavy atom. The highest BCUT2D eigenvalue weighted by atomic mass is 32.2. The molecule has 3 N–H and O–H groups in total. The monoisotopic (exact) mass is 536 g/mol. The first-order valence-corrected chi connectivity index (χ1v) is 12.6. The number of rotatable bonds is 5. The first-order chi connectivity index (χ1) is 16.2. The molecule has 0 amide bonds. The van der Waals surface area contributed by atoms with Crippen molar-refractivity contribution < 1.29 is 31.0 Å². The SMILES string of the molecule is Cc1nsc(N=Nc2c(C)c(C#N)c(O)n(-c3cc(S(=O)(=O)O)ccc3S(=O)(=O)O)c2=O)c1C#N. The van der Waals surface area contributed by atoms with Crippen LogP contribution in [0.3, 0.4) is 0 Å². The Morgan fingerprint density at radius 2 is 1.66 bits per heavy atom. The molecule has 0 aliphatic heterocycles. The van der Waals surface area contributed by atoms with Crippen LogP contribution in [0.4, 0.5) is 10.7 Å². The summed E-state index contributed by atoms with van der Waals surface area (Å²) in [6, 6.07) is 5.19. The maximum absolute atomic E-state index is 13.3. The van der Waals surface area contributed by atoms with Crippen molar-refractivity contribution in [2.75, 3.05) is 0 Å². The van der Waals surface area contributed by atoms with Gasteiger partial charge in [-0.15, -0.1) is 10.2 Å². The van der Waals surface area contributed by atoms with Crippen LogP contribution in [0, 0.1) is 36.5 Å². The van der Waals surface area contributed by atoms with Crippen LogP contribution in [-0.4, -0.2) is 40.0 Å². The number of hydrogen-bond donors (Lipinski definition) is 3. The van der Waals surface area contributed by atoms with Crippen molar-refractivity contribution in [3.63, 3.8) is 0 Å². The molecule has 180 valence electrons. The van der Waals surface area contributed by atoms with Gasteiger partial charge in [0, 0.05) is 5.56 Å². The van der Waals surface area contributed by atoms with E-state index in [-0.39, 0.29) is 20.7 Å². The van der Waals surface area contributed by atoms with Crippen LogP contribution in [0.1, 0.15) is 22.4 Å². The number of aromatic hydroxyl groups is 1. The summed E-state index contributed by atoms with van der Waals surface area (Å²) in [5, 5.41) is 37.0. The van der Waals surface area contributed by atoms with Gasteiger partial charge in [0.1, 0.15) is 28.2 Å². The Morgan fingerprint density at radius 1 is 1.03 bits per heavy atom. The Hall–Kier alpha value is -4.00. The average molecular weight is 537 g/mol. The molecule has 0 spiro atoms. The Bertz CT molecular complexity index is 1770. The average Bonchev–Trinajstić information content (AvgIpc) is 3.11. The van der Waals surface area contributed by atoms with E-state index in [1.165, 1.54) is 6.92 Å². The highest BCUT2D eigenvalue weighted by molar-refractivity contribution is 7.86. The third-order valence-corrected chi connectivity index (χ3v) is 7.20. The van der Waals surface area contributed by atoms with Crippen molar-refractivity contribution in [3.05, 3.63) is 50.9 Å². The van der Waals surface area contributed by atoms with Crippen molar-refractivity contribution >= 4 is 42.5 Å². The molecule has 1 aromatic carbocycles. The van der Waals surface area contributed by atoms with Gasteiger partial charge >= 0.3 is 0 Å². The lowest BCUT2D eigenvalue weighted by Crippen LogP contribution is -2.22. The summed E-state index contributed by atoms with van der Waals surface area (Å²) in [5.74, 6) is -1.10. The molecule has 17 heteroatoms. The van der Waals surface area contributed by atoms with Gasteiger partial charge in [-0.3, -0.25) is 13.9 Å². The highest BCUT2D eigenvalue weighted by Crippen LogP contribution is 2.33. The van der Waals surface area contributed by atoms with E-state index < -0.39 is 58.4 Å². The standard InChI is InChI=1S/C18H12N6O8S3/c1-8-11(6-19)17(25)24(13-5-10(34(27,28)29)3-4-14(13)35(30,31)32)18(26)15(8)21-22-16-12(7-20)9(2)23-33-16/h3-5,25H,1-2H3,(H,27,28,29)(H,30,31,32). The lowest BCUT2D eigenvalue weighted by atomic mass is 10.1. The second-order valence-corrected chi connectivity index (χ2v) is 10.3. The number of pyridine rings is 1. The summed E-state index contributed by atoms with van der Waals surface area (Å²) in [5.41, 5.74) is -3.04. The van der Waals surface area contributed by atoms with E-state index in [9.17, 15) is 46.4 Å². The molecule has 0 saturated heterocycles. The second kappa shape index (κ2) is 8.98. The predicted molar refractivity (Wildman–Crippen MR) is 119 cm³/mol. The fraction of sp³-hybridized carbons (Fsp3) is 0.111. The number of hydrogen-bond acceptors (Lipinski definition) is 12. The lowest BCUT2D eigenvalue weighted by Gasteiger charge is -2.16. The molecule has 0 unspecified atom stereocenters. The van der Waals surface area contributed by atoms with Crippen molar-refractivity contribution in [1.82, 2.24) is 8.94 Å². The number of benzene rings is 1. The van der Waals surface area contributed by atoms with Crippen LogP contribution < -0.4 is 5.56 Å². The largest absolute Gasteiger partial charge is 0.493 e. The molecule has 0 aliphatic rings. The number of aromatic nitrogens is 2. The van der Waals surface area contributed by atoms with Crippen molar-refractivity contribution in [1.29, 1.82) is 10.5 Å². The van der Waals surface area contributed by atoms with E-state index in [2.05, 4.69) is 14.6 Å². The molecule has 3 rings (SSSR count). The molecule has 14 nitrogen and oxygen atoms in total. The molecule has 0 radical (unpaired) electrons. The summed E-state index contributed by atoms with van der Waals surface area (Å²) in [6.45, 7) is 2.78. The van der Waals surface area contributed by atoms with Crippen molar-refractivity contribution in [3.8, 4) is 23.7 Å². The third-order valence-electron chi connectivity index (χ3n) is 4.63. The first kappa shape index (κ1) is 25.6. The van der Waals surface area contributed by atoms with Crippen LogP contribution in [0.25, 0.3) is 5.69 Å². The zero-order chi connectivity index (χ0) is 26.3. The van der Waals surface area contributed by atoms with Gasteiger partial charge in [-0.1, -0.05) is 0 Å². The number of nitrogens with zero attached hydrogens (tertiary/aromatic N) is 6. The van der Waals surface area contributed by atoms with E-state index in [1.807, 2.05) is 6.07 Å². The number of aryl methyl sites for hydroxylation is 1. The maximum atomic E-state index is 13.3. The number of nitriles is 2. The Kier molecular flexibility index (Phi) is 6.57. The zero-order valence-corrected chi connectivity index (χ0v) is 20.0. The van der Waals surface area contributed by atoms with E-state index in [4.69, 9.17) is 0 Å². The highest BCUT2D eigenvalue weighted by Gasteiger charge is 2.27. The third kappa shape index (κ3) is 4.67. The summed E-state index contributed by atoms with van der Waals surface area (Å²) < 4.78 is 70.1. The maximum Gasteiger partial charge on any atom is 0.296 e. The van der Waals surface area contributed by atoms with E-state index in [0.717, 1.165) is 11.5 Å². The van der Waals surface area contributed by atoms with Gasteiger partial charge in [0.25, 0.3) is 25.8 Å². The molecule has 35 heavy (non-hydrogen) atoms. The first-order valence-electron chi connectivity index (χ1n) is 8.98. The summed E-state index contributed by atoms with van der Waals surface area (Å²) >= 11 is 0.793. The normalized spacial score (nSPS) is 11.9. The van der Waals surface area contributed by atoms with Crippen LogP contribution in [0.15, 0.2) is 43.0 Å². The molecule has 2 aromatic heterocycles. The van der Waals surface area contributed by atoms with Gasteiger partial charge in [-0.05, 0) is 43.6 Å². The van der Waals surface area contributed by atoms with Gasteiger partial charge < -0.3 is 5.11 Å². The van der Waals surface area contributed by atoms with E-state index in [0.29, 0.717) is 23.9 Å². The van der Waals surface area contributed by atoms with Gasteiger partial charge in [-0.2, -0.15) is 31.7 Å². The Balaban J connectivity index is 2.45. The molecule has 3 aromatic rings. The zero-order valence-electron chi connectivity index (χ0n) is 17.5. The lowest BCUT2D eigenvalue weighted by molar-refractivity contribution is 0.431. The van der Waals surface area contributed by atoms with Crippen molar-refractivity contribution in [2.45, 2.75) is 23.6 Å². The minimum absolute atomic E-state index is 0.0222. The molecule has 0 aliphatic carbocycles. The molecule has 0 fully saturated rings. The summed E-state index contributed by atoms with van der Waals surface area (Å²) in [7, 11) is -10.0. The van der Waals surface area contributed by atoms with Crippen LogP contribution in [-0.2, 0) is 20.2 Å². The summed E-state index contributed by atoms with van der Waals surface area (Å²) in [4.78, 5) is 11.4. The second-order valence-electron chi connectivity index (χ2n) is 6.76. The molecule has 0 bridgehead atoms. The minimum atomic E-state index is -5.11. The number of azo groups is 1. The van der Waals surface area contributed by atoms with Gasteiger partial charge in [0.2, 0.25) is 5.88 Å². The molecule has 0 saturated carbocycles. The summed E-state index contributed by atoms with van der Waals surface area (Å²) in [6.07, 6.45) is 0. The van der Waals surface area contributed by atoms with Gasteiger partial charge in [0.05, 0.1) is 16.3 Å². The van der Waals surface area contributed by atoms with Crippen LogP contribution in [0.5, 0.6) is 5.88 Å². The van der Waals surface area contributed by atoms with Crippen LogP contribution in [0.2, 0.25) is 0 Å². The fourth-order valence-corrected chi connectivity index (χ4v) is 4.77. The minimum Gasteiger partial charge on any atom is -0.493 e. The van der Waals surface area contributed by atoms with Gasteiger partial charge in [-0.25, -0.2) is 4.57 Å². The van der Waals surface area contributed by atoms with Crippen molar-refractivity contribution in [2.24, 2.45) is 10.2 Å². The predicted octanol–water partition coefficient (Wildman–Crippen LogP) is 2.27. The smallest absolute Gasteiger partial charge is 0.296 e. The molecule has 2 heterocycles. The quantitative estimate of drug-likeness (QED) is 0.316. The molecular weight excluding hydrogens is 524 g/mol. The Labute approximate surface area is 201 Å². The molecule has 0 atom stereocenters. The molecular formula is C18H12N6O8S3. The topological polar surface area (TPSA) is 236 Å². The fourth-order valence-electron chi connectivity index (χ4n) is 2.94. The van der Waals surface area contributed by atoms with Gasteiger partial charge in [0.15, 0.2) is 10.7 Å².